The number of carbonyl (C=O) groups is 1. The predicted molar refractivity (Wildman–Crippen MR) is 69.7 cm³/mol. The third kappa shape index (κ3) is 2.60. The Morgan fingerprint density at radius 3 is 2.63 bits per heavy atom. The van der Waals surface area contributed by atoms with Crippen molar-refractivity contribution < 1.29 is 18.3 Å². The zero-order chi connectivity index (χ0) is 14.0. The Labute approximate surface area is 110 Å². The third-order valence-corrected chi connectivity index (χ3v) is 4.05. The van der Waals surface area contributed by atoms with Crippen molar-refractivity contribution in [3.63, 3.8) is 0 Å². The van der Waals surface area contributed by atoms with Crippen LogP contribution in [-0.4, -0.2) is 24.5 Å². The Hall–Kier alpha value is -2.28. The van der Waals surface area contributed by atoms with Gasteiger partial charge in [0, 0.05) is 12.4 Å². The molecule has 3 N–H and O–H groups in total. The van der Waals surface area contributed by atoms with E-state index in [2.05, 4.69) is 9.71 Å². The molecule has 2 rings (SSSR count). The molecule has 0 aliphatic carbocycles. The first-order valence-corrected chi connectivity index (χ1v) is 6.88. The highest BCUT2D eigenvalue weighted by atomic mass is 32.2. The Morgan fingerprint density at radius 1 is 1.32 bits per heavy atom. The van der Waals surface area contributed by atoms with Crippen molar-refractivity contribution in [2.75, 3.05) is 4.72 Å². The highest BCUT2D eigenvalue weighted by Crippen LogP contribution is 2.22. The van der Waals surface area contributed by atoms with Crippen LogP contribution >= 0.6 is 0 Å². The minimum atomic E-state index is -3.71. The molecule has 7 heteroatoms. The molecule has 6 nitrogen and oxygen atoms in total. The summed E-state index contributed by atoms with van der Waals surface area (Å²) in [5.74, 6) is -1.10. The van der Waals surface area contributed by atoms with Crippen molar-refractivity contribution in [1.82, 2.24) is 4.98 Å². The molecule has 0 aliphatic rings. The van der Waals surface area contributed by atoms with Crippen molar-refractivity contribution in [2.24, 2.45) is 0 Å². The van der Waals surface area contributed by atoms with Gasteiger partial charge in [-0.05, 0) is 30.7 Å². The van der Waals surface area contributed by atoms with E-state index in [4.69, 9.17) is 5.11 Å². The molecular weight excluding hydrogens is 268 g/mol. The molecular formula is C12H12N2O4S. The number of aromatic amines is 1. The number of anilines is 1. The first-order valence-electron chi connectivity index (χ1n) is 5.40. The molecule has 0 radical (unpaired) electrons. The molecule has 1 aromatic carbocycles. The number of aromatic carboxylic acids is 1. The molecule has 0 saturated carbocycles. The van der Waals surface area contributed by atoms with E-state index < -0.39 is 16.0 Å². The summed E-state index contributed by atoms with van der Waals surface area (Å²) in [4.78, 5) is 13.7. The molecule has 1 aromatic heterocycles. The van der Waals surface area contributed by atoms with Gasteiger partial charge in [0.1, 0.15) is 4.90 Å². The fourth-order valence-electron chi connectivity index (χ4n) is 1.66. The van der Waals surface area contributed by atoms with Crippen LogP contribution in [0.2, 0.25) is 0 Å². The van der Waals surface area contributed by atoms with Crippen LogP contribution in [0.15, 0.2) is 41.6 Å². The SMILES string of the molecule is Cc1c(NS(=O)(=O)c2cc[nH]c2)cccc1C(=O)O. The lowest BCUT2D eigenvalue weighted by molar-refractivity contribution is 0.0696. The number of sulfonamides is 1. The largest absolute Gasteiger partial charge is 0.478 e. The lowest BCUT2D eigenvalue weighted by Crippen LogP contribution is -2.14. The molecule has 2 aromatic rings. The third-order valence-electron chi connectivity index (χ3n) is 2.69. The van der Waals surface area contributed by atoms with Gasteiger partial charge in [-0.1, -0.05) is 6.07 Å². The Bertz CT molecular complexity index is 705. The van der Waals surface area contributed by atoms with Crippen molar-refractivity contribution in [1.29, 1.82) is 0 Å². The van der Waals surface area contributed by atoms with Gasteiger partial charge in [-0.3, -0.25) is 4.72 Å². The maximum atomic E-state index is 12.0. The Morgan fingerprint density at radius 2 is 2.05 bits per heavy atom. The lowest BCUT2D eigenvalue weighted by atomic mass is 10.1. The molecule has 0 atom stereocenters. The molecule has 0 saturated heterocycles. The highest BCUT2D eigenvalue weighted by Gasteiger charge is 2.17. The molecule has 19 heavy (non-hydrogen) atoms. The van der Waals surface area contributed by atoms with Crippen molar-refractivity contribution in [2.45, 2.75) is 11.8 Å². The van der Waals surface area contributed by atoms with Crippen molar-refractivity contribution in [3.05, 3.63) is 47.8 Å². The summed E-state index contributed by atoms with van der Waals surface area (Å²) in [7, 11) is -3.71. The monoisotopic (exact) mass is 280 g/mol. The number of carboxylic acids is 1. The smallest absolute Gasteiger partial charge is 0.336 e. The van der Waals surface area contributed by atoms with Gasteiger partial charge in [0.05, 0.1) is 11.3 Å². The van der Waals surface area contributed by atoms with Crippen LogP contribution in [0.25, 0.3) is 0 Å². The van der Waals surface area contributed by atoms with E-state index in [-0.39, 0.29) is 16.1 Å². The quantitative estimate of drug-likeness (QED) is 0.795. The number of rotatable bonds is 4. The predicted octanol–water partition coefficient (Wildman–Crippen LogP) is 1.82. The second kappa shape index (κ2) is 4.77. The number of aromatic nitrogens is 1. The lowest BCUT2D eigenvalue weighted by Gasteiger charge is -2.11. The van der Waals surface area contributed by atoms with Gasteiger partial charge in [0.2, 0.25) is 0 Å². The Balaban J connectivity index is 2.40. The van der Waals surface area contributed by atoms with Crippen molar-refractivity contribution >= 4 is 21.7 Å². The van der Waals surface area contributed by atoms with Crippen LogP contribution in [0, 0.1) is 6.92 Å². The zero-order valence-electron chi connectivity index (χ0n) is 10.0. The van der Waals surface area contributed by atoms with Crippen LogP contribution in [0.5, 0.6) is 0 Å². The summed E-state index contributed by atoms with van der Waals surface area (Å²) in [6, 6.07) is 5.85. The summed E-state index contributed by atoms with van der Waals surface area (Å²) in [6.45, 7) is 1.55. The number of carboxylic acid groups (broad SMARTS) is 1. The average Bonchev–Trinajstić information content (AvgIpc) is 2.85. The first-order chi connectivity index (χ1) is 8.92. The topological polar surface area (TPSA) is 99.3 Å². The Kier molecular flexibility index (Phi) is 3.30. The molecule has 0 amide bonds. The number of benzene rings is 1. The van der Waals surface area contributed by atoms with Gasteiger partial charge >= 0.3 is 5.97 Å². The van der Waals surface area contributed by atoms with E-state index in [9.17, 15) is 13.2 Å². The van der Waals surface area contributed by atoms with E-state index >= 15 is 0 Å². The second-order valence-electron chi connectivity index (χ2n) is 3.94. The van der Waals surface area contributed by atoms with Gasteiger partial charge < -0.3 is 10.1 Å². The standard InChI is InChI=1S/C12H12N2O4S/c1-8-10(12(15)16)3-2-4-11(8)14-19(17,18)9-5-6-13-7-9/h2-7,13-14H,1H3,(H,15,16). The summed E-state index contributed by atoms with van der Waals surface area (Å²) < 4.78 is 26.4. The zero-order valence-corrected chi connectivity index (χ0v) is 10.9. The van der Waals surface area contributed by atoms with Crippen LogP contribution < -0.4 is 4.72 Å². The molecule has 100 valence electrons. The van der Waals surface area contributed by atoms with Gasteiger partial charge in [-0.2, -0.15) is 0 Å². The molecule has 0 aliphatic heterocycles. The normalized spacial score (nSPS) is 11.2. The fourth-order valence-corrected chi connectivity index (χ4v) is 2.76. The van der Waals surface area contributed by atoms with Gasteiger partial charge in [0.15, 0.2) is 0 Å². The van der Waals surface area contributed by atoms with Crippen LogP contribution in [0.1, 0.15) is 15.9 Å². The minimum Gasteiger partial charge on any atom is -0.478 e. The highest BCUT2D eigenvalue weighted by molar-refractivity contribution is 7.92. The van der Waals surface area contributed by atoms with E-state index in [0.717, 1.165) is 0 Å². The second-order valence-corrected chi connectivity index (χ2v) is 5.62. The molecule has 0 bridgehead atoms. The fraction of sp³-hybridized carbons (Fsp3) is 0.0833. The maximum Gasteiger partial charge on any atom is 0.336 e. The molecule has 1 heterocycles. The summed E-state index contributed by atoms with van der Waals surface area (Å²) in [6.07, 6.45) is 2.84. The van der Waals surface area contributed by atoms with Gasteiger partial charge in [0.25, 0.3) is 10.0 Å². The average molecular weight is 280 g/mol. The van der Waals surface area contributed by atoms with Gasteiger partial charge in [-0.15, -0.1) is 0 Å². The van der Waals surface area contributed by atoms with Crippen LogP contribution in [0.3, 0.4) is 0 Å². The number of hydrogen-bond donors (Lipinski definition) is 3. The van der Waals surface area contributed by atoms with E-state index in [1.807, 2.05) is 0 Å². The van der Waals surface area contributed by atoms with E-state index in [0.29, 0.717) is 5.56 Å². The maximum absolute atomic E-state index is 12.0. The first kappa shape index (κ1) is 13.2. The van der Waals surface area contributed by atoms with E-state index in [1.54, 1.807) is 6.92 Å². The molecule has 0 spiro atoms. The number of H-pyrrole nitrogens is 1. The number of nitrogens with one attached hydrogen (secondary N) is 2. The minimum absolute atomic E-state index is 0.0641. The van der Waals surface area contributed by atoms with E-state index in [1.165, 1.54) is 36.7 Å². The van der Waals surface area contributed by atoms with Crippen LogP contribution in [-0.2, 0) is 10.0 Å². The summed E-state index contributed by atoms with van der Waals surface area (Å²) in [5.41, 5.74) is 0.685. The van der Waals surface area contributed by atoms with Gasteiger partial charge in [-0.25, -0.2) is 13.2 Å². The number of hydrogen-bond acceptors (Lipinski definition) is 3. The van der Waals surface area contributed by atoms with Crippen molar-refractivity contribution in [3.8, 4) is 0 Å². The van der Waals surface area contributed by atoms with Crippen LogP contribution in [0.4, 0.5) is 5.69 Å². The molecule has 0 fully saturated rings. The molecule has 0 unspecified atom stereocenters. The summed E-state index contributed by atoms with van der Waals surface area (Å²) >= 11 is 0. The summed E-state index contributed by atoms with van der Waals surface area (Å²) in [5, 5.41) is 8.99.